The Hall–Kier alpha value is -6.64. The van der Waals surface area contributed by atoms with E-state index in [1.54, 1.807) is 0 Å². The number of nitrogens with zero attached hydrogens (tertiary/aromatic N) is 2. The summed E-state index contributed by atoms with van der Waals surface area (Å²) in [6.45, 7) is 0. The van der Waals surface area contributed by atoms with E-state index in [9.17, 15) is 0 Å². The molecule has 0 aliphatic rings. The molecule has 1 aromatic heterocycles. The standard InChI is InChI=1S/C48H32N2/c1-3-16-37(17-4-1)49(40-28-30-42-36(32-40)26-25-33-13-7-9-21-41(33)42)39-20-11-15-35(31-39)43-23-12-24-46-47(43)45-29-27-34-14-8-10-22-44(34)48(45)50(46)38-18-5-2-6-19-38/h1-32H. The second kappa shape index (κ2) is 11.5. The van der Waals surface area contributed by atoms with Crippen molar-refractivity contribution in [1.82, 2.24) is 4.57 Å². The Labute approximate surface area is 290 Å². The highest BCUT2D eigenvalue weighted by atomic mass is 15.1. The molecule has 50 heavy (non-hydrogen) atoms. The third-order valence-corrected chi connectivity index (χ3v) is 10.1. The lowest BCUT2D eigenvalue weighted by Gasteiger charge is -2.26. The Morgan fingerprint density at radius 2 is 0.960 bits per heavy atom. The first-order chi connectivity index (χ1) is 24.8. The van der Waals surface area contributed by atoms with E-state index in [4.69, 9.17) is 0 Å². The van der Waals surface area contributed by atoms with Gasteiger partial charge >= 0.3 is 0 Å². The maximum Gasteiger partial charge on any atom is 0.0619 e. The molecule has 0 N–H and O–H groups in total. The summed E-state index contributed by atoms with van der Waals surface area (Å²) in [5.41, 5.74) is 9.36. The molecule has 0 aliphatic heterocycles. The molecule has 0 atom stereocenters. The van der Waals surface area contributed by atoms with Gasteiger partial charge in [-0.2, -0.15) is 0 Å². The largest absolute Gasteiger partial charge is 0.310 e. The van der Waals surface area contributed by atoms with E-state index in [1.807, 2.05) is 0 Å². The van der Waals surface area contributed by atoms with Gasteiger partial charge in [0.05, 0.1) is 11.0 Å². The maximum atomic E-state index is 2.44. The molecule has 0 fully saturated rings. The van der Waals surface area contributed by atoms with Crippen LogP contribution in [0.4, 0.5) is 17.1 Å². The third-order valence-electron chi connectivity index (χ3n) is 10.1. The van der Waals surface area contributed by atoms with Crippen LogP contribution in [-0.2, 0) is 0 Å². The summed E-state index contributed by atoms with van der Waals surface area (Å²) in [6, 6.07) is 70.4. The van der Waals surface area contributed by atoms with Crippen molar-refractivity contribution in [1.29, 1.82) is 0 Å². The van der Waals surface area contributed by atoms with Crippen LogP contribution in [0.1, 0.15) is 0 Å². The van der Waals surface area contributed by atoms with Crippen LogP contribution < -0.4 is 4.90 Å². The smallest absolute Gasteiger partial charge is 0.0619 e. The number of para-hydroxylation sites is 2. The van der Waals surface area contributed by atoms with Gasteiger partial charge in [0.15, 0.2) is 0 Å². The molecular formula is C48H32N2. The van der Waals surface area contributed by atoms with E-state index in [1.165, 1.54) is 65.3 Å². The summed E-state index contributed by atoms with van der Waals surface area (Å²) >= 11 is 0. The molecule has 0 saturated carbocycles. The van der Waals surface area contributed by atoms with Crippen LogP contribution in [0.3, 0.4) is 0 Å². The van der Waals surface area contributed by atoms with Crippen molar-refractivity contribution in [3.8, 4) is 16.8 Å². The molecule has 0 unspecified atom stereocenters. The van der Waals surface area contributed by atoms with Crippen molar-refractivity contribution < 1.29 is 0 Å². The van der Waals surface area contributed by atoms with Gasteiger partial charge in [-0.15, -0.1) is 0 Å². The van der Waals surface area contributed by atoms with Crippen LogP contribution in [0.15, 0.2) is 194 Å². The molecule has 234 valence electrons. The van der Waals surface area contributed by atoms with E-state index < -0.39 is 0 Å². The molecule has 0 aliphatic carbocycles. The van der Waals surface area contributed by atoms with Crippen molar-refractivity contribution in [2.24, 2.45) is 0 Å². The van der Waals surface area contributed by atoms with Gasteiger partial charge in [-0.25, -0.2) is 0 Å². The summed E-state index contributed by atoms with van der Waals surface area (Å²) in [5, 5.41) is 10.0. The number of hydrogen-bond acceptors (Lipinski definition) is 1. The molecule has 10 rings (SSSR count). The summed E-state index contributed by atoms with van der Waals surface area (Å²) in [7, 11) is 0. The fourth-order valence-electron chi connectivity index (χ4n) is 7.89. The van der Waals surface area contributed by atoms with Crippen LogP contribution in [0.25, 0.3) is 70.9 Å². The summed E-state index contributed by atoms with van der Waals surface area (Å²) in [5.74, 6) is 0. The quantitative estimate of drug-likeness (QED) is 0.171. The van der Waals surface area contributed by atoms with E-state index in [0.717, 1.165) is 22.7 Å². The highest BCUT2D eigenvalue weighted by Gasteiger charge is 2.20. The van der Waals surface area contributed by atoms with Crippen molar-refractivity contribution in [2.45, 2.75) is 0 Å². The summed E-state index contributed by atoms with van der Waals surface area (Å²) < 4.78 is 2.44. The van der Waals surface area contributed by atoms with Gasteiger partial charge in [0.25, 0.3) is 0 Å². The zero-order valence-electron chi connectivity index (χ0n) is 27.4. The molecule has 1 heterocycles. The molecule has 0 radical (unpaired) electrons. The first-order valence-corrected chi connectivity index (χ1v) is 17.2. The van der Waals surface area contributed by atoms with Gasteiger partial charge in [0, 0.05) is 38.9 Å². The second-order valence-electron chi connectivity index (χ2n) is 13.0. The Bertz CT molecular complexity index is 2870. The van der Waals surface area contributed by atoms with Gasteiger partial charge in [-0.05, 0) is 92.7 Å². The molecule has 0 saturated heterocycles. The highest BCUT2D eigenvalue weighted by molar-refractivity contribution is 6.22. The number of rotatable bonds is 5. The van der Waals surface area contributed by atoms with Crippen LogP contribution in [0, 0.1) is 0 Å². The Morgan fingerprint density at radius 1 is 0.360 bits per heavy atom. The van der Waals surface area contributed by atoms with E-state index >= 15 is 0 Å². The Kier molecular flexibility index (Phi) is 6.53. The number of anilines is 3. The number of fused-ring (bicyclic) bond motifs is 8. The normalized spacial score (nSPS) is 11.6. The minimum Gasteiger partial charge on any atom is -0.310 e. The molecule has 10 aromatic rings. The second-order valence-corrected chi connectivity index (χ2v) is 13.0. The van der Waals surface area contributed by atoms with E-state index in [2.05, 4.69) is 204 Å². The van der Waals surface area contributed by atoms with Crippen molar-refractivity contribution in [3.63, 3.8) is 0 Å². The Balaban J connectivity index is 1.20. The van der Waals surface area contributed by atoms with Crippen LogP contribution in [0.2, 0.25) is 0 Å². The van der Waals surface area contributed by atoms with Crippen LogP contribution >= 0.6 is 0 Å². The number of hydrogen-bond donors (Lipinski definition) is 0. The first-order valence-electron chi connectivity index (χ1n) is 17.2. The first kappa shape index (κ1) is 28.4. The number of aromatic nitrogens is 1. The van der Waals surface area contributed by atoms with Crippen LogP contribution in [-0.4, -0.2) is 4.57 Å². The molecule has 0 bridgehead atoms. The van der Waals surface area contributed by atoms with Gasteiger partial charge in [0.1, 0.15) is 0 Å². The van der Waals surface area contributed by atoms with Crippen molar-refractivity contribution >= 4 is 71.2 Å². The third kappa shape index (κ3) is 4.50. The molecular weight excluding hydrogens is 605 g/mol. The maximum absolute atomic E-state index is 2.44. The summed E-state index contributed by atoms with van der Waals surface area (Å²) in [4.78, 5) is 2.37. The highest BCUT2D eigenvalue weighted by Crippen LogP contribution is 2.43. The van der Waals surface area contributed by atoms with Gasteiger partial charge in [0.2, 0.25) is 0 Å². The average Bonchev–Trinajstić information content (AvgIpc) is 3.54. The minimum absolute atomic E-state index is 1.11. The Morgan fingerprint density at radius 3 is 1.80 bits per heavy atom. The lowest BCUT2D eigenvalue weighted by atomic mass is 9.97. The van der Waals surface area contributed by atoms with Crippen LogP contribution in [0.5, 0.6) is 0 Å². The van der Waals surface area contributed by atoms with Crippen molar-refractivity contribution in [3.05, 3.63) is 194 Å². The lowest BCUT2D eigenvalue weighted by molar-refractivity contribution is 1.19. The van der Waals surface area contributed by atoms with Gasteiger partial charge in [-0.3, -0.25) is 0 Å². The zero-order chi connectivity index (χ0) is 33.0. The molecule has 2 heteroatoms. The molecule has 9 aromatic carbocycles. The fourth-order valence-corrected chi connectivity index (χ4v) is 7.89. The monoisotopic (exact) mass is 636 g/mol. The van der Waals surface area contributed by atoms with E-state index in [0.29, 0.717) is 0 Å². The number of benzene rings is 9. The van der Waals surface area contributed by atoms with E-state index in [-0.39, 0.29) is 0 Å². The predicted octanol–water partition coefficient (Wildman–Crippen LogP) is 13.4. The van der Waals surface area contributed by atoms with Gasteiger partial charge < -0.3 is 9.47 Å². The lowest BCUT2D eigenvalue weighted by Crippen LogP contribution is -2.09. The summed E-state index contributed by atoms with van der Waals surface area (Å²) in [6.07, 6.45) is 0. The fraction of sp³-hybridized carbons (Fsp3) is 0. The average molecular weight is 637 g/mol. The zero-order valence-corrected chi connectivity index (χ0v) is 27.4. The molecule has 2 nitrogen and oxygen atoms in total. The SMILES string of the molecule is c1ccc(N(c2cccc(-c3cccc4c3c3ccc5ccccc5c3n4-c3ccccc3)c2)c2ccc3c(ccc4ccccc43)c2)cc1. The molecule has 0 amide bonds. The topological polar surface area (TPSA) is 8.17 Å². The molecule has 0 spiro atoms. The van der Waals surface area contributed by atoms with Gasteiger partial charge in [-0.1, -0.05) is 140 Å². The van der Waals surface area contributed by atoms with Crippen molar-refractivity contribution in [2.75, 3.05) is 4.90 Å². The predicted molar refractivity (Wildman–Crippen MR) is 213 cm³/mol. The minimum atomic E-state index is 1.11.